The maximum absolute atomic E-state index is 13.1. The number of carbonyl (C=O) groups excluding carboxylic acids is 2. The van der Waals surface area contributed by atoms with Crippen molar-refractivity contribution in [2.75, 3.05) is 11.9 Å². The minimum Gasteiger partial charge on any atom is -0.444 e. The summed E-state index contributed by atoms with van der Waals surface area (Å²) in [5, 5.41) is 14.7. The van der Waals surface area contributed by atoms with Crippen LogP contribution in [-0.4, -0.2) is 40.1 Å². The highest BCUT2D eigenvalue weighted by molar-refractivity contribution is 6.30. The van der Waals surface area contributed by atoms with Crippen LogP contribution in [0.5, 0.6) is 0 Å². The number of likely N-dealkylation sites (tertiary alicyclic amines) is 1. The number of hydrogen-bond acceptors (Lipinski definition) is 7. The Morgan fingerprint density at radius 1 is 1.27 bits per heavy atom. The summed E-state index contributed by atoms with van der Waals surface area (Å²) in [7, 11) is 0. The van der Waals surface area contributed by atoms with Gasteiger partial charge in [0.2, 0.25) is 5.72 Å². The lowest BCUT2D eigenvalue weighted by atomic mass is 9.86. The van der Waals surface area contributed by atoms with Gasteiger partial charge < -0.3 is 14.8 Å². The van der Waals surface area contributed by atoms with Crippen LogP contribution in [0.1, 0.15) is 32.8 Å². The summed E-state index contributed by atoms with van der Waals surface area (Å²) in [6.07, 6.45) is -0.135. The molecule has 2 aliphatic heterocycles. The molecule has 2 aliphatic rings. The van der Waals surface area contributed by atoms with Crippen molar-refractivity contribution in [3.63, 3.8) is 0 Å². The molecule has 0 saturated carbocycles. The first-order valence-corrected chi connectivity index (χ1v) is 10.9. The van der Waals surface area contributed by atoms with E-state index in [1.165, 1.54) is 23.1 Å². The van der Waals surface area contributed by atoms with Crippen LogP contribution in [0.2, 0.25) is 5.02 Å². The second kappa shape index (κ2) is 8.22. The molecule has 10 heteroatoms. The van der Waals surface area contributed by atoms with Gasteiger partial charge in [-0.25, -0.2) is 9.59 Å². The van der Waals surface area contributed by atoms with Crippen LogP contribution in [0.4, 0.5) is 16.2 Å². The molecule has 33 heavy (non-hydrogen) atoms. The lowest BCUT2D eigenvalue weighted by molar-refractivity contribution is -0.384. The number of esters is 1. The molecule has 0 unspecified atom stereocenters. The van der Waals surface area contributed by atoms with E-state index in [1.54, 1.807) is 51.1 Å². The Labute approximate surface area is 195 Å². The minimum absolute atomic E-state index is 0.0999. The number of carbonyl (C=O) groups is 2. The van der Waals surface area contributed by atoms with Gasteiger partial charge in [-0.1, -0.05) is 29.8 Å². The number of hydrogen-bond donors (Lipinski definition) is 1. The van der Waals surface area contributed by atoms with Crippen LogP contribution in [0.3, 0.4) is 0 Å². The van der Waals surface area contributed by atoms with Crippen molar-refractivity contribution in [1.82, 2.24) is 4.90 Å². The second-order valence-corrected chi connectivity index (χ2v) is 9.52. The molecule has 0 aliphatic carbocycles. The third-order valence-electron chi connectivity index (χ3n) is 5.73. The van der Waals surface area contributed by atoms with Crippen LogP contribution in [0.25, 0.3) is 0 Å². The summed E-state index contributed by atoms with van der Waals surface area (Å²) in [6.45, 7) is 5.60. The molecule has 3 atom stereocenters. The zero-order valence-corrected chi connectivity index (χ0v) is 19.2. The van der Waals surface area contributed by atoms with E-state index in [0.717, 1.165) is 0 Å². The van der Waals surface area contributed by atoms with E-state index in [2.05, 4.69) is 5.32 Å². The fourth-order valence-electron chi connectivity index (χ4n) is 4.44. The minimum atomic E-state index is -1.39. The predicted molar refractivity (Wildman–Crippen MR) is 121 cm³/mol. The molecule has 0 spiro atoms. The number of anilines is 1. The Bertz CT molecular complexity index is 1100. The average Bonchev–Trinajstić information content (AvgIpc) is 3.23. The Balaban J connectivity index is 1.73. The summed E-state index contributed by atoms with van der Waals surface area (Å²) < 4.78 is 11.6. The molecule has 1 amide bonds. The largest absolute Gasteiger partial charge is 0.444 e. The normalized spacial score (nSPS) is 24.2. The van der Waals surface area contributed by atoms with E-state index in [4.69, 9.17) is 21.1 Å². The van der Waals surface area contributed by atoms with E-state index in [1.807, 2.05) is 0 Å². The van der Waals surface area contributed by atoms with Crippen molar-refractivity contribution >= 4 is 35.0 Å². The third-order valence-corrected chi connectivity index (χ3v) is 5.98. The smallest absolute Gasteiger partial charge is 0.413 e. The number of rotatable bonds is 4. The predicted octanol–water partition coefficient (Wildman–Crippen LogP) is 4.70. The number of ether oxygens (including phenoxy) is 2. The van der Waals surface area contributed by atoms with Crippen LogP contribution < -0.4 is 5.32 Å². The highest BCUT2D eigenvalue weighted by Crippen LogP contribution is 2.52. The molecule has 4 rings (SSSR count). The fraction of sp³-hybridized carbons (Fsp3) is 0.391. The number of nitrogens with zero attached hydrogens (tertiary/aromatic N) is 2. The van der Waals surface area contributed by atoms with Crippen molar-refractivity contribution < 1.29 is 24.0 Å². The number of non-ortho nitro benzene ring substituents is 1. The van der Waals surface area contributed by atoms with Gasteiger partial charge in [0.15, 0.2) is 0 Å². The molecule has 9 nitrogen and oxygen atoms in total. The van der Waals surface area contributed by atoms with Gasteiger partial charge in [0.05, 0.1) is 10.8 Å². The zero-order chi connectivity index (χ0) is 24.0. The third kappa shape index (κ3) is 4.20. The quantitative estimate of drug-likeness (QED) is 0.389. The molecule has 0 radical (unpaired) electrons. The van der Waals surface area contributed by atoms with E-state index < -0.39 is 40.3 Å². The fourth-order valence-corrected chi connectivity index (χ4v) is 4.57. The molecule has 2 aromatic rings. The first kappa shape index (κ1) is 22.8. The van der Waals surface area contributed by atoms with Crippen LogP contribution >= 0.6 is 11.6 Å². The number of fused-ring (bicyclic) bond motifs is 1. The van der Waals surface area contributed by atoms with Gasteiger partial charge in [0.1, 0.15) is 11.6 Å². The van der Waals surface area contributed by atoms with Gasteiger partial charge >= 0.3 is 12.1 Å². The van der Waals surface area contributed by atoms with Gasteiger partial charge in [-0.2, -0.15) is 0 Å². The lowest BCUT2D eigenvalue weighted by Gasteiger charge is -2.37. The first-order chi connectivity index (χ1) is 15.5. The lowest BCUT2D eigenvalue weighted by Crippen LogP contribution is -2.50. The second-order valence-electron chi connectivity index (χ2n) is 9.08. The Morgan fingerprint density at radius 2 is 1.97 bits per heavy atom. The monoisotopic (exact) mass is 473 g/mol. The molecule has 2 fully saturated rings. The Hall–Kier alpha value is -3.33. The number of nitro groups is 1. The van der Waals surface area contributed by atoms with E-state index in [0.29, 0.717) is 29.2 Å². The zero-order valence-electron chi connectivity index (χ0n) is 18.4. The van der Waals surface area contributed by atoms with Crippen molar-refractivity contribution in [3.8, 4) is 0 Å². The SMILES string of the molecule is CC(C)(C)OC(=O)N1CC[C@@H]2[C@H](Nc3cccc([N+](=O)[O-])c3)C(=O)O[C@@]21c1ccc(Cl)cc1. The maximum Gasteiger partial charge on any atom is 0.413 e. The summed E-state index contributed by atoms with van der Waals surface area (Å²) in [6, 6.07) is 11.9. The summed E-state index contributed by atoms with van der Waals surface area (Å²) in [5.41, 5.74) is -1.22. The van der Waals surface area contributed by atoms with Crippen LogP contribution in [-0.2, 0) is 20.0 Å². The van der Waals surface area contributed by atoms with Crippen LogP contribution in [0.15, 0.2) is 48.5 Å². The maximum atomic E-state index is 13.1. The summed E-state index contributed by atoms with van der Waals surface area (Å²) in [5.74, 6) is -1.02. The first-order valence-electron chi connectivity index (χ1n) is 10.5. The Kier molecular flexibility index (Phi) is 5.69. The number of halogens is 1. The number of nitro benzene ring substituents is 1. The van der Waals surface area contributed by atoms with Crippen molar-refractivity contribution in [2.45, 2.75) is 44.6 Å². The Morgan fingerprint density at radius 3 is 2.61 bits per heavy atom. The highest BCUT2D eigenvalue weighted by Gasteiger charge is 2.65. The van der Waals surface area contributed by atoms with Gasteiger partial charge in [-0.3, -0.25) is 15.0 Å². The van der Waals surface area contributed by atoms with E-state index in [9.17, 15) is 19.7 Å². The number of nitrogens with one attached hydrogen (secondary N) is 1. The molecule has 0 aromatic heterocycles. The number of amides is 1. The molecule has 0 bridgehead atoms. The topological polar surface area (TPSA) is 111 Å². The summed E-state index contributed by atoms with van der Waals surface area (Å²) >= 11 is 6.07. The molecule has 2 aromatic carbocycles. The molecular formula is C23H24ClN3O6. The van der Waals surface area contributed by atoms with Crippen molar-refractivity contribution in [3.05, 3.63) is 69.2 Å². The van der Waals surface area contributed by atoms with Gasteiger partial charge in [0, 0.05) is 35.0 Å². The standard InChI is InChI=1S/C23H24ClN3O6/c1-22(2,3)33-21(29)26-12-11-18-19(25-16-5-4-6-17(13-16)27(30)31)20(28)32-23(18,26)14-7-9-15(24)10-8-14/h4-10,13,18-19,25H,11-12H2,1-3H3/t18-,19+,23+/m1/s1. The van der Waals surface area contributed by atoms with Gasteiger partial charge in [-0.15, -0.1) is 0 Å². The van der Waals surface area contributed by atoms with Crippen molar-refractivity contribution in [2.24, 2.45) is 5.92 Å². The average molecular weight is 474 g/mol. The van der Waals surface area contributed by atoms with Crippen LogP contribution in [0, 0.1) is 16.0 Å². The molecule has 2 heterocycles. The van der Waals surface area contributed by atoms with Gasteiger partial charge in [-0.05, 0) is 45.4 Å². The molecular weight excluding hydrogens is 450 g/mol. The molecule has 2 saturated heterocycles. The summed E-state index contributed by atoms with van der Waals surface area (Å²) in [4.78, 5) is 38.3. The highest BCUT2D eigenvalue weighted by atomic mass is 35.5. The molecule has 174 valence electrons. The van der Waals surface area contributed by atoms with E-state index in [-0.39, 0.29) is 5.69 Å². The van der Waals surface area contributed by atoms with Crippen molar-refractivity contribution in [1.29, 1.82) is 0 Å². The van der Waals surface area contributed by atoms with E-state index >= 15 is 0 Å². The van der Waals surface area contributed by atoms with Gasteiger partial charge in [0.25, 0.3) is 5.69 Å². The number of benzene rings is 2. The molecule has 1 N–H and O–H groups in total.